The summed E-state index contributed by atoms with van der Waals surface area (Å²) in [4.78, 5) is 14.7. The van der Waals surface area contributed by atoms with E-state index in [-0.39, 0.29) is 24.2 Å². The highest BCUT2D eigenvalue weighted by molar-refractivity contribution is 7.84. The predicted molar refractivity (Wildman–Crippen MR) is 86.3 cm³/mol. The molecule has 1 aliphatic heterocycles. The van der Waals surface area contributed by atoms with E-state index in [2.05, 4.69) is 12.2 Å². The van der Waals surface area contributed by atoms with Crippen molar-refractivity contribution in [2.75, 3.05) is 12.0 Å². The summed E-state index contributed by atoms with van der Waals surface area (Å²) < 4.78 is 11.5. The summed E-state index contributed by atoms with van der Waals surface area (Å²) in [7, 11) is -0.903. The summed E-state index contributed by atoms with van der Waals surface area (Å²) in [5, 5.41) is 3.44. The van der Waals surface area contributed by atoms with Crippen LogP contribution < -0.4 is 5.32 Å². The first kappa shape index (κ1) is 16.2. The summed E-state index contributed by atoms with van der Waals surface area (Å²) in [6.07, 6.45) is 3.64. The van der Waals surface area contributed by atoms with Gasteiger partial charge in [0.05, 0.1) is 6.17 Å². The molecule has 0 saturated carbocycles. The Balaban J connectivity index is 2.22. The average molecular weight is 308 g/mol. The highest BCUT2D eigenvalue weighted by Gasteiger charge is 2.41. The quantitative estimate of drug-likeness (QED) is 0.875. The normalized spacial score (nSPS) is 25.1. The number of rotatable bonds is 6. The Morgan fingerprint density at radius 1 is 1.33 bits per heavy atom. The Labute approximate surface area is 129 Å². The Bertz CT molecular complexity index is 506. The summed E-state index contributed by atoms with van der Waals surface area (Å²) in [5.74, 6) is 0.618. The number of amides is 1. The van der Waals surface area contributed by atoms with E-state index in [1.165, 1.54) is 0 Å². The molecular formula is C16H24N2O2S. The molecule has 2 rings (SSSR count). The molecule has 1 N–H and O–H groups in total. The van der Waals surface area contributed by atoms with Crippen LogP contribution in [0, 0.1) is 0 Å². The summed E-state index contributed by atoms with van der Waals surface area (Å²) in [6.45, 7) is 4.10. The molecule has 1 aromatic carbocycles. The number of nitrogens with one attached hydrogen (secondary N) is 1. The second-order valence-electron chi connectivity index (χ2n) is 5.65. The van der Waals surface area contributed by atoms with Gasteiger partial charge in [0.15, 0.2) is 0 Å². The lowest BCUT2D eigenvalue weighted by molar-refractivity contribution is -0.131. The van der Waals surface area contributed by atoms with Crippen molar-refractivity contribution in [1.29, 1.82) is 0 Å². The van der Waals surface area contributed by atoms with E-state index in [0.717, 1.165) is 18.4 Å². The first-order chi connectivity index (χ1) is 10.0. The van der Waals surface area contributed by atoms with Gasteiger partial charge in [-0.2, -0.15) is 0 Å². The van der Waals surface area contributed by atoms with Crippen LogP contribution in [0.1, 0.15) is 38.3 Å². The molecule has 0 radical (unpaired) electrons. The molecular weight excluding hydrogens is 284 g/mol. The zero-order valence-corrected chi connectivity index (χ0v) is 13.7. The monoisotopic (exact) mass is 308 g/mol. The molecule has 1 heterocycles. The molecule has 0 spiro atoms. The van der Waals surface area contributed by atoms with E-state index in [9.17, 15) is 9.00 Å². The van der Waals surface area contributed by atoms with Gasteiger partial charge in [-0.15, -0.1) is 0 Å². The van der Waals surface area contributed by atoms with E-state index in [1.807, 2.05) is 42.2 Å². The van der Waals surface area contributed by atoms with Crippen molar-refractivity contribution >= 4 is 16.7 Å². The molecule has 4 atom stereocenters. The zero-order valence-electron chi connectivity index (χ0n) is 12.9. The van der Waals surface area contributed by atoms with Gasteiger partial charge in [-0.05, 0) is 18.9 Å². The maximum Gasteiger partial charge on any atom is 0.245 e. The first-order valence-electron chi connectivity index (χ1n) is 7.47. The summed E-state index contributed by atoms with van der Waals surface area (Å²) in [6, 6.07) is 9.51. The Morgan fingerprint density at radius 2 is 2.00 bits per heavy atom. The molecule has 1 aromatic rings. The van der Waals surface area contributed by atoms with Crippen LogP contribution in [-0.4, -0.2) is 39.2 Å². The van der Waals surface area contributed by atoms with Crippen molar-refractivity contribution in [3.63, 3.8) is 0 Å². The van der Waals surface area contributed by atoms with E-state index in [0.29, 0.717) is 5.75 Å². The van der Waals surface area contributed by atoms with Crippen molar-refractivity contribution in [3.8, 4) is 0 Å². The third-order valence-corrected chi connectivity index (χ3v) is 4.79. The standard InChI is InChI=1S/C16H24N2O2S/c1-4-8-14-17-15(13-9-6-5-7-10-13)16(19)18(14)12(2)11-21(3)20/h5-7,9-10,12,14-15,17H,4,8,11H2,1-3H3. The first-order valence-corrected chi connectivity index (χ1v) is 9.20. The van der Waals surface area contributed by atoms with Gasteiger partial charge in [-0.1, -0.05) is 43.7 Å². The number of carbonyl (C=O) groups excluding carboxylic acids is 1. The van der Waals surface area contributed by atoms with Crippen LogP contribution in [0.2, 0.25) is 0 Å². The van der Waals surface area contributed by atoms with Crippen molar-refractivity contribution in [1.82, 2.24) is 10.2 Å². The summed E-state index contributed by atoms with van der Waals surface area (Å²) in [5.41, 5.74) is 0.996. The predicted octanol–water partition coefficient (Wildman–Crippen LogP) is 2.05. The Kier molecular flexibility index (Phi) is 5.53. The van der Waals surface area contributed by atoms with Crippen LogP contribution in [-0.2, 0) is 15.6 Å². The number of benzene rings is 1. The molecule has 1 fully saturated rings. The molecule has 5 heteroatoms. The fourth-order valence-corrected chi connectivity index (χ4v) is 3.81. The van der Waals surface area contributed by atoms with Gasteiger partial charge >= 0.3 is 0 Å². The molecule has 1 amide bonds. The van der Waals surface area contributed by atoms with Gasteiger partial charge in [0.25, 0.3) is 0 Å². The number of carbonyl (C=O) groups is 1. The Hall–Kier alpha value is -1.20. The van der Waals surface area contributed by atoms with Crippen molar-refractivity contribution < 1.29 is 9.00 Å². The van der Waals surface area contributed by atoms with Crippen molar-refractivity contribution in [2.45, 2.75) is 44.9 Å². The topological polar surface area (TPSA) is 49.4 Å². The lowest BCUT2D eigenvalue weighted by Crippen LogP contribution is -2.45. The van der Waals surface area contributed by atoms with Gasteiger partial charge in [-0.3, -0.25) is 14.3 Å². The molecule has 21 heavy (non-hydrogen) atoms. The molecule has 4 nitrogen and oxygen atoms in total. The number of hydrogen-bond acceptors (Lipinski definition) is 3. The number of nitrogens with zero attached hydrogens (tertiary/aromatic N) is 1. The second-order valence-corrected chi connectivity index (χ2v) is 7.13. The smallest absolute Gasteiger partial charge is 0.245 e. The van der Waals surface area contributed by atoms with Gasteiger partial charge in [0.1, 0.15) is 6.04 Å². The van der Waals surface area contributed by atoms with Crippen LogP contribution in [0.25, 0.3) is 0 Å². The molecule has 1 aliphatic rings. The zero-order chi connectivity index (χ0) is 15.4. The third kappa shape index (κ3) is 3.71. The summed E-state index contributed by atoms with van der Waals surface area (Å²) >= 11 is 0. The fourth-order valence-electron chi connectivity index (χ4n) is 2.97. The lowest BCUT2D eigenvalue weighted by Gasteiger charge is -2.29. The third-order valence-electron chi connectivity index (χ3n) is 3.84. The van der Waals surface area contributed by atoms with Gasteiger partial charge in [0.2, 0.25) is 5.91 Å². The highest BCUT2D eigenvalue weighted by atomic mass is 32.2. The second kappa shape index (κ2) is 7.18. The van der Waals surface area contributed by atoms with E-state index in [4.69, 9.17) is 0 Å². The van der Waals surface area contributed by atoms with Crippen molar-refractivity contribution in [3.05, 3.63) is 35.9 Å². The van der Waals surface area contributed by atoms with Gasteiger partial charge < -0.3 is 4.90 Å². The minimum Gasteiger partial charge on any atom is -0.322 e. The minimum atomic E-state index is -0.903. The molecule has 4 unspecified atom stereocenters. The van der Waals surface area contributed by atoms with Crippen LogP contribution >= 0.6 is 0 Å². The lowest BCUT2D eigenvalue weighted by atomic mass is 10.1. The largest absolute Gasteiger partial charge is 0.322 e. The average Bonchev–Trinajstić information content (AvgIpc) is 2.76. The van der Waals surface area contributed by atoms with E-state index >= 15 is 0 Å². The van der Waals surface area contributed by atoms with Crippen LogP contribution in [0.15, 0.2) is 30.3 Å². The Morgan fingerprint density at radius 3 is 2.57 bits per heavy atom. The van der Waals surface area contributed by atoms with E-state index < -0.39 is 10.8 Å². The molecule has 0 aliphatic carbocycles. The fraction of sp³-hybridized carbons (Fsp3) is 0.562. The minimum absolute atomic E-state index is 0.0129. The maximum absolute atomic E-state index is 12.8. The number of hydrogen-bond donors (Lipinski definition) is 1. The van der Waals surface area contributed by atoms with Crippen LogP contribution in [0.4, 0.5) is 0 Å². The molecule has 116 valence electrons. The van der Waals surface area contributed by atoms with Crippen LogP contribution in [0.5, 0.6) is 0 Å². The molecule has 1 saturated heterocycles. The maximum atomic E-state index is 12.8. The molecule has 0 aromatic heterocycles. The van der Waals surface area contributed by atoms with Crippen molar-refractivity contribution in [2.24, 2.45) is 0 Å². The molecule has 0 bridgehead atoms. The van der Waals surface area contributed by atoms with Crippen LogP contribution in [0.3, 0.4) is 0 Å². The highest BCUT2D eigenvalue weighted by Crippen LogP contribution is 2.27. The van der Waals surface area contributed by atoms with Gasteiger partial charge in [0, 0.05) is 28.9 Å². The van der Waals surface area contributed by atoms with Gasteiger partial charge in [-0.25, -0.2) is 0 Å². The SMILES string of the molecule is CCCC1NC(c2ccccc2)C(=O)N1C(C)CS(C)=O. The van der Waals surface area contributed by atoms with E-state index in [1.54, 1.807) is 6.26 Å².